The van der Waals surface area contributed by atoms with Gasteiger partial charge in [0.05, 0.1) is 5.56 Å². The fraction of sp³-hybridized carbons (Fsp3) is 0. The molecule has 0 aliphatic rings. The molecule has 0 atom stereocenters. The molecule has 3 nitrogen and oxygen atoms in total. The largest absolute Gasteiger partial charge is 0.366 e. The Hall–Kier alpha value is -0.886. The average Bonchev–Trinajstić information content (AvgIpc) is 1.90. The van der Waals surface area contributed by atoms with E-state index in [1.807, 2.05) is 0 Å². The summed E-state index contributed by atoms with van der Waals surface area (Å²) in [5, 5.41) is 0. The fourth-order valence-electron chi connectivity index (χ4n) is 0.509. The van der Waals surface area contributed by atoms with E-state index in [-0.39, 0.29) is 16.5 Å². The van der Waals surface area contributed by atoms with Crippen LogP contribution in [0.1, 0.15) is 10.4 Å². The monoisotopic (exact) mass is 180 g/mol. The van der Waals surface area contributed by atoms with Crippen LogP contribution in [-0.4, -0.2) is 10.9 Å². The molecule has 0 saturated carbocycles. The van der Waals surface area contributed by atoms with Gasteiger partial charge in [0.25, 0.3) is 0 Å². The van der Waals surface area contributed by atoms with Crippen molar-refractivity contribution in [3.05, 3.63) is 30.1 Å². The van der Waals surface area contributed by atoms with Crippen molar-refractivity contribution in [2.24, 2.45) is 5.73 Å². The third-order valence-corrected chi connectivity index (χ3v) is 0.946. The first-order valence-electron chi connectivity index (χ1n) is 2.50. The molecule has 0 aliphatic heterocycles. The van der Waals surface area contributed by atoms with E-state index >= 15 is 0 Å². The zero-order chi connectivity index (χ0) is 6.69. The normalized spacial score (nSPS) is 8.00. The van der Waals surface area contributed by atoms with Gasteiger partial charge in [-0.2, -0.15) is 0 Å². The van der Waals surface area contributed by atoms with Crippen molar-refractivity contribution in [2.75, 3.05) is 0 Å². The second-order valence-corrected chi connectivity index (χ2v) is 1.61. The van der Waals surface area contributed by atoms with Crippen LogP contribution >= 0.6 is 0 Å². The molecular weight excluding hydrogens is 175 g/mol. The molecule has 1 aromatic heterocycles. The standard InChI is InChI=1S/C6H6N2O.Ni/c7-6(9)5-2-1-3-8-4-5;/h1-4H,(H2,7,9);. The number of pyridine rings is 1. The quantitative estimate of drug-likeness (QED) is 0.628. The van der Waals surface area contributed by atoms with Crippen molar-refractivity contribution in [1.82, 2.24) is 4.98 Å². The van der Waals surface area contributed by atoms with Gasteiger partial charge in [-0.15, -0.1) is 0 Å². The number of carbonyl (C=O) groups excluding carboxylic acids is 1. The van der Waals surface area contributed by atoms with Crippen LogP contribution in [-0.2, 0) is 16.5 Å². The van der Waals surface area contributed by atoms with Crippen LogP contribution in [0.25, 0.3) is 0 Å². The van der Waals surface area contributed by atoms with Crippen molar-refractivity contribution in [3.63, 3.8) is 0 Å². The molecule has 0 radical (unpaired) electrons. The third kappa shape index (κ3) is 2.15. The summed E-state index contributed by atoms with van der Waals surface area (Å²) in [5.41, 5.74) is 5.38. The van der Waals surface area contributed by atoms with Gasteiger partial charge in [-0.05, 0) is 12.1 Å². The van der Waals surface area contributed by atoms with Crippen LogP contribution in [0.3, 0.4) is 0 Å². The third-order valence-electron chi connectivity index (χ3n) is 0.946. The predicted octanol–water partition coefficient (Wildman–Crippen LogP) is 0.178. The van der Waals surface area contributed by atoms with Gasteiger partial charge in [-0.3, -0.25) is 9.78 Å². The summed E-state index contributed by atoms with van der Waals surface area (Å²) in [7, 11) is 0. The second-order valence-electron chi connectivity index (χ2n) is 1.61. The molecule has 1 heterocycles. The molecule has 2 N–H and O–H groups in total. The smallest absolute Gasteiger partial charge is 0.250 e. The number of aromatic nitrogens is 1. The summed E-state index contributed by atoms with van der Waals surface area (Å²) in [4.78, 5) is 14.1. The molecule has 1 aromatic rings. The van der Waals surface area contributed by atoms with E-state index in [1.54, 1.807) is 18.3 Å². The van der Waals surface area contributed by atoms with Crippen LogP contribution in [0.5, 0.6) is 0 Å². The van der Waals surface area contributed by atoms with E-state index < -0.39 is 5.91 Å². The second kappa shape index (κ2) is 4.01. The van der Waals surface area contributed by atoms with Crippen LogP contribution in [0.4, 0.5) is 0 Å². The minimum atomic E-state index is -0.442. The molecule has 1 amide bonds. The summed E-state index contributed by atoms with van der Waals surface area (Å²) in [6.07, 6.45) is 3.02. The topological polar surface area (TPSA) is 56.0 Å². The Morgan fingerprint density at radius 3 is 2.60 bits per heavy atom. The molecule has 1 rings (SSSR count). The number of nitrogens with two attached hydrogens (primary N) is 1. The molecular formula is C6H6N2NiO. The maximum Gasteiger partial charge on any atom is 0.250 e. The molecule has 0 aromatic carbocycles. The van der Waals surface area contributed by atoms with Crippen molar-refractivity contribution in [3.8, 4) is 0 Å². The van der Waals surface area contributed by atoms with Crippen LogP contribution in [0, 0.1) is 0 Å². The Labute approximate surface area is 68.6 Å². The predicted molar refractivity (Wildman–Crippen MR) is 32.8 cm³/mol. The first-order chi connectivity index (χ1) is 4.30. The maximum atomic E-state index is 10.4. The molecule has 0 saturated heterocycles. The van der Waals surface area contributed by atoms with Gasteiger partial charge >= 0.3 is 0 Å². The number of carbonyl (C=O) groups is 1. The minimum Gasteiger partial charge on any atom is -0.366 e. The Morgan fingerprint density at radius 2 is 2.30 bits per heavy atom. The summed E-state index contributed by atoms with van der Waals surface area (Å²) >= 11 is 0. The number of rotatable bonds is 1. The number of hydrogen-bond acceptors (Lipinski definition) is 2. The summed E-state index contributed by atoms with van der Waals surface area (Å²) in [6.45, 7) is 0. The average molecular weight is 181 g/mol. The Kier molecular flexibility index (Phi) is 3.66. The first-order valence-corrected chi connectivity index (χ1v) is 2.50. The van der Waals surface area contributed by atoms with Crippen molar-refractivity contribution in [1.29, 1.82) is 0 Å². The van der Waals surface area contributed by atoms with Gasteiger partial charge in [0.2, 0.25) is 5.91 Å². The van der Waals surface area contributed by atoms with E-state index in [1.165, 1.54) is 6.20 Å². The summed E-state index contributed by atoms with van der Waals surface area (Å²) in [6, 6.07) is 3.29. The number of nitrogens with zero attached hydrogens (tertiary/aromatic N) is 1. The van der Waals surface area contributed by atoms with Gasteiger partial charge in [0.15, 0.2) is 0 Å². The Morgan fingerprint density at radius 1 is 1.60 bits per heavy atom. The van der Waals surface area contributed by atoms with Gasteiger partial charge in [0, 0.05) is 28.9 Å². The summed E-state index contributed by atoms with van der Waals surface area (Å²) < 4.78 is 0. The fourth-order valence-corrected chi connectivity index (χ4v) is 0.509. The molecule has 0 spiro atoms. The van der Waals surface area contributed by atoms with Crippen molar-refractivity contribution in [2.45, 2.75) is 0 Å². The summed E-state index contributed by atoms with van der Waals surface area (Å²) in [5.74, 6) is -0.442. The van der Waals surface area contributed by atoms with Gasteiger partial charge < -0.3 is 5.73 Å². The molecule has 56 valence electrons. The minimum absolute atomic E-state index is 0. The van der Waals surface area contributed by atoms with Crippen LogP contribution in [0.15, 0.2) is 24.5 Å². The van der Waals surface area contributed by atoms with E-state index in [0.717, 1.165) is 0 Å². The maximum absolute atomic E-state index is 10.4. The zero-order valence-corrected chi connectivity index (χ0v) is 6.05. The molecule has 0 unspecified atom stereocenters. The molecule has 0 aliphatic carbocycles. The van der Waals surface area contributed by atoms with E-state index in [0.29, 0.717) is 5.56 Å². The van der Waals surface area contributed by atoms with Gasteiger partial charge in [0.1, 0.15) is 0 Å². The Balaban J connectivity index is 0.000000810. The zero-order valence-electron chi connectivity index (χ0n) is 5.06. The van der Waals surface area contributed by atoms with E-state index in [9.17, 15) is 4.79 Å². The SMILES string of the molecule is NC(=O)c1cccnc1.[Ni]. The molecule has 0 bridgehead atoms. The Bertz CT molecular complexity index is 212. The van der Waals surface area contributed by atoms with Crippen molar-refractivity contribution < 1.29 is 21.3 Å². The van der Waals surface area contributed by atoms with Crippen LogP contribution < -0.4 is 5.73 Å². The molecule has 0 fully saturated rings. The number of amides is 1. The van der Waals surface area contributed by atoms with Crippen molar-refractivity contribution >= 4 is 5.91 Å². The van der Waals surface area contributed by atoms with Crippen LogP contribution in [0.2, 0.25) is 0 Å². The van der Waals surface area contributed by atoms with Gasteiger partial charge in [-0.1, -0.05) is 0 Å². The first kappa shape index (κ1) is 9.11. The van der Waals surface area contributed by atoms with E-state index in [4.69, 9.17) is 5.73 Å². The number of hydrogen-bond donors (Lipinski definition) is 1. The van der Waals surface area contributed by atoms with E-state index in [2.05, 4.69) is 4.98 Å². The molecule has 10 heavy (non-hydrogen) atoms. The molecule has 4 heteroatoms. The number of primary amides is 1. The van der Waals surface area contributed by atoms with Gasteiger partial charge in [-0.25, -0.2) is 0 Å².